The van der Waals surface area contributed by atoms with E-state index in [1.54, 1.807) is 0 Å². The van der Waals surface area contributed by atoms with Crippen molar-refractivity contribution < 1.29 is 9.90 Å². The van der Waals surface area contributed by atoms with E-state index in [0.29, 0.717) is 13.1 Å². The van der Waals surface area contributed by atoms with Crippen molar-refractivity contribution in [3.05, 3.63) is 41.7 Å². The van der Waals surface area contributed by atoms with Crippen molar-refractivity contribution in [2.45, 2.75) is 12.5 Å². The van der Waals surface area contributed by atoms with Crippen molar-refractivity contribution in [2.24, 2.45) is 0 Å². The zero-order chi connectivity index (χ0) is 12.5. The molecule has 6 heteroatoms. The van der Waals surface area contributed by atoms with Crippen LogP contribution in [0.5, 0.6) is 0 Å². The normalized spacial score (nSPS) is 18.4. The third-order valence-corrected chi connectivity index (χ3v) is 3.84. The van der Waals surface area contributed by atoms with Crippen molar-refractivity contribution in [3.8, 4) is 0 Å². The Balaban J connectivity index is 2.00. The van der Waals surface area contributed by atoms with Crippen LogP contribution in [0, 0.1) is 0 Å². The van der Waals surface area contributed by atoms with Gasteiger partial charge in [0.25, 0.3) is 0 Å². The van der Waals surface area contributed by atoms with Crippen LogP contribution < -0.4 is 4.90 Å². The fourth-order valence-electron chi connectivity index (χ4n) is 2.27. The number of hydrogen-bond donors (Lipinski definition) is 1. The maximum absolute atomic E-state index is 11.4. The summed E-state index contributed by atoms with van der Waals surface area (Å²) in [5.41, 5.74) is 1.96. The topological polar surface area (TPSA) is 66.3 Å². The van der Waals surface area contributed by atoms with E-state index in [9.17, 15) is 9.90 Å². The highest BCUT2D eigenvalue weighted by Gasteiger charge is 2.31. The second-order valence-electron chi connectivity index (χ2n) is 4.19. The molecule has 0 amide bonds. The van der Waals surface area contributed by atoms with Crippen molar-refractivity contribution in [1.29, 1.82) is 0 Å². The Bertz CT molecular complexity index is 570. The van der Waals surface area contributed by atoms with Crippen molar-refractivity contribution in [2.75, 3.05) is 11.4 Å². The molecule has 5 nitrogen and oxygen atoms in total. The molecule has 18 heavy (non-hydrogen) atoms. The lowest BCUT2D eigenvalue weighted by Crippen LogP contribution is -2.36. The first kappa shape index (κ1) is 11.2. The second-order valence-corrected chi connectivity index (χ2v) is 4.95. The van der Waals surface area contributed by atoms with E-state index >= 15 is 0 Å². The number of rotatable bonds is 2. The number of carboxylic acid groups (broad SMARTS) is 1. The molecule has 0 radical (unpaired) electrons. The molecule has 0 spiro atoms. The van der Waals surface area contributed by atoms with Crippen LogP contribution in [0.25, 0.3) is 0 Å². The molecule has 1 aliphatic rings. The van der Waals surface area contributed by atoms with Crippen LogP contribution in [-0.4, -0.2) is 27.0 Å². The van der Waals surface area contributed by atoms with Crippen LogP contribution in [0.4, 0.5) is 5.13 Å². The monoisotopic (exact) mass is 261 g/mol. The Hall–Kier alpha value is -1.95. The van der Waals surface area contributed by atoms with Crippen molar-refractivity contribution in [1.82, 2.24) is 9.36 Å². The number of anilines is 1. The number of aromatic nitrogens is 2. The minimum absolute atomic E-state index is 0.446. The van der Waals surface area contributed by atoms with Gasteiger partial charge in [-0.3, -0.25) is 4.79 Å². The molecule has 1 aliphatic heterocycles. The van der Waals surface area contributed by atoms with Crippen LogP contribution >= 0.6 is 11.5 Å². The lowest BCUT2D eigenvalue weighted by Gasteiger charge is -2.32. The lowest BCUT2D eigenvalue weighted by atomic mass is 9.90. The van der Waals surface area contributed by atoms with Gasteiger partial charge in [-0.15, -0.1) is 0 Å². The highest BCUT2D eigenvalue weighted by atomic mass is 32.1. The molecule has 92 valence electrons. The third kappa shape index (κ3) is 1.84. The average Bonchev–Trinajstić information content (AvgIpc) is 2.91. The molecule has 1 aromatic carbocycles. The van der Waals surface area contributed by atoms with Crippen molar-refractivity contribution >= 4 is 22.6 Å². The van der Waals surface area contributed by atoms with Crippen LogP contribution in [0.15, 0.2) is 30.6 Å². The van der Waals surface area contributed by atoms with E-state index in [1.807, 2.05) is 29.2 Å². The number of hydrogen-bond acceptors (Lipinski definition) is 5. The molecular formula is C12H11N3O2S. The molecule has 0 bridgehead atoms. The standard InChI is InChI=1S/C12H11N3O2S/c16-11(17)10-6-15(12-13-7-14-18-12)5-8-3-1-2-4-9(8)10/h1-4,7,10H,5-6H2,(H,16,17). The molecule has 0 aliphatic carbocycles. The van der Waals surface area contributed by atoms with Gasteiger partial charge in [-0.25, -0.2) is 4.98 Å². The number of fused-ring (bicyclic) bond motifs is 1. The van der Waals surface area contributed by atoms with Gasteiger partial charge in [0, 0.05) is 24.6 Å². The van der Waals surface area contributed by atoms with Crippen molar-refractivity contribution in [3.63, 3.8) is 0 Å². The maximum atomic E-state index is 11.4. The van der Waals surface area contributed by atoms with E-state index in [1.165, 1.54) is 17.9 Å². The zero-order valence-corrected chi connectivity index (χ0v) is 10.3. The van der Waals surface area contributed by atoms with E-state index in [-0.39, 0.29) is 0 Å². The summed E-state index contributed by atoms with van der Waals surface area (Å²) >= 11 is 1.29. The molecule has 2 aromatic rings. The summed E-state index contributed by atoms with van der Waals surface area (Å²) in [6, 6.07) is 7.68. The van der Waals surface area contributed by atoms with Gasteiger partial charge < -0.3 is 10.0 Å². The fourth-order valence-corrected chi connectivity index (χ4v) is 2.81. The maximum Gasteiger partial charge on any atom is 0.312 e. The third-order valence-electron chi connectivity index (χ3n) is 3.11. The fraction of sp³-hybridized carbons (Fsp3) is 0.250. The Morgan fingerprint density at radius 3 is 3.00 bits per heavy atom. The number of nitrogens with zero attached hydrogens (tertiary/aromatic N) is 3. The number of carboxylic acids is 1. The Morgan fingerprint density at radius 2 is 2.28 bits per heavy atom. The molecule has 1 unspecified atom stereocenters. The largest absolute Gasteiger partial charge is 0.481 e. The quantitative estimate of drug-likeness (QED) is 0.891. The predicted molar refractivity (Wildman–Crippen MR) is 67.8 cm³/mol. The van der Waals surface area contributed by atoms with E-state index in [4.69, 9.17) is 0 Å². The van der Waals surface area contributed by atoms with E-state index < -0.39 is 11.9 Å². The molecule has 0 saturated carbocycles. The number of carbonyl (C=O) groups is 1. The van der Waals surface area contributed by atoms with Gasteiger partial charge >= 0.3 is 5.97 Å². The second kappa shape index (κ2) is 4.38. The molecule has 0 saturated heterocycles. The first-order valence-electron chi connectivity index (χ1n) is 5.58. The van der Waals surface area contributed by atoms with Crippen LogP contribution in [-0.2, 0) is 11.3 Å². The summed E-state index contributed by atoms with van der Waals surface area (Å²) in [6.45, 7) is 1.14. The average molecular weight is 261 g/mol. The molecule has 2 heterocycles. The van der Waals surface area contributed by atoms with Crippen LogP contribution in [0.2, 0.25) is 0 Å². The predicted octanol–water partition coefficient (Wildman–Crippen LogP) is 1.73. The Morgan fingerprint density at radius 1 is 1.44 bits per heavy atom. The Kier molecular flexibility index (Phi) is 2.71. The molecule has 0 fully saturated rings. The molecule has 1 atom stereocenters. The summed E-state index contributed by atoms with van der Waals surface area (Å²) in [5.74, 6) is -1.30. The van der Waals surface area contributed by atoms with E-state index in [0.717, 1.165) is 16.3 Å². The first-order chi connectivity index (χ1) is 8.75. The van der Waals surface area contributed by atoms with Gasteiger partial charge in [-0.2, -0.15) is 4.37 Å². The molecule has 3 rings (SSSR count). The molecule has 1 aromatic heterocycles. The summed E-state index contributed by atoms with van der Waals surface area (Å²) in [4.78, 5) is 17.5. The Labute approximate surface area is 108 Å². The number of aliphatic carboxylic acids is 1. The van der Waals surface area contributed by atoms with E-state index in [2.05, 4.69) is 9.36 Å². The zero-order valence-electron chi connectivity index (χ0n) is 9.48. The van der Waals surface area contributed by atoms with Gasteiger partial charge in [0.1, 0.15) is 6.33 Å². The van der Waals surface area contributed by atoms with Gasteiger partial charge in [-0.1, -0.05) is 24.3 Å². The lowest BCUT2D eigenvalue weighted by molar-refractivity contribution is -0.138. The highest BCUT2D eigenvalue weighted by Crippen LogP contribution is 2.31. The highest BCUT2D eigenvalue weighted by molar-refractivity contribution is 7.09. The van der Waals surface area contributed by atoms with Gasteiger partial charge in [-0.05, 0) is 11.1 Å². The first-order valence-corrected chi connectivity index (χ1v) is 6.35. The minimum Gasteiger partial charge on any atom is -0.481 e. The van der Waals surface area contributed by atoms with Crippen LogP contribution in [0.3, 0.4) is 0 Å². The summed E-state index contributed by atoms with van der Waals surface area (Å²) in [5, 5.41) is 10.1. The van der Waals surface area contributed by atoms with Gasteiger partial charge in [0.05, 0.1) is 5.92 Å². The molecule has 1 N–H and O–H groups in total. The summed E-state index contributed by atoms with van der Waals surface area (Å²) < 4.78 is 3.96. The number of benzene rings is 1. The van der Waals surface area contributed by atoms with Crippen LogP contribution in [0.1, 0.15) is 17.0 Å². The smallest absolute Gasteiger partial charge is 0.312 e. The summed E-state index contributed by atoms with van der Waals surface area (Å²) in [6.07, 6.45) is 1.50. The van der Waals surface area contributed by atoms with Gasteiger partial charge in [0.2, 0.25) is 5.13 Å². The van der Waals surface area contributed by atoms with Gasteiger partial charge in [0.15, 0.2) is 0 Å². The minimum atomic E-state index is -0.795. The summed E-state index contributed by atoms with van der Waals surface area (Å²) in [7, 11) is 0. The SMILES string of the molecule is O=C(O)C1CN(c2ncns2)Cc2ccccc21. The molecular weight excluding hydrogens is 250 g/mol.